The zero-order chi connectivity index (χ0) is 9.10. The molecule has 1 fully saturated rings. The lowest BCUT2D eigenvalue weighted by Gasteiger charge is -1.98. The Morgan fingerprint density at radius 1 is 1.46 bits per heavy atom. The molecular formula is C9H15N3O. The first-order chi connectivity index (χ1) is 6.34. The lowest BCUT2D eigenvalue weighted by Crippen LogP contribution is -2.15. The molecule has 0 saturated heterocycles. The second-order valence-electron chi connectivity index (χ2n) is 3.62. The van der Waals surface area contributed by atoms with Crippen LogP contribution < -0.4 is 5.32 Å². The van der Waals surface area contributed by atoms with Gasteiger partial charge in [0.15, 0.2) is 0 Å². The SMILES string of the molecule is Cc1nnc(CNCCC2CC2)o1. The molecule has 0 amide bonds. The monoisotopic (exact) mass is 181 g/mol. The Morgan fingerprint density at radius 3 is 2.92 bits per heavy atom. The maximum absolute atomic E-state index is 5.22. The van der Waals surface area contributed by atoms with Crippen molar-refractivity contribution < 1.29 is 4.42 Å². The highest BCUT2D eigenvalue weighted by molar-refractivity contribution is 4.79. The average Bonchev–Trinajstić information content (AvgIpc) is 2.84. The molecule has 0 spiro atoms. The van der Waals surface area contributed by atoms with Gasteiger partial charge < -0.3 is 9.73 Å². The molecule has 1 aromatic heterocycles. The van der Waals surface area contributed by atoms with E-state index >= 15 is 0 Å². The highest BCUT2D eigenvalue weighted by Gasteiger charge is 2.19. The van der Waals surface area contributed by atoms with Crippen LogP contribution in [0.5, 0.6) is 0 Å². The van der Waals surface area contributed by atoms with Crippen LogP contribution in [0.4, 0.5) is 0 Å². The zero-order valence-electron chi connectivity index (χ0n) is 7.92. The highest BCUT2D eigenvalue weighted by atomic mass is 16.4. The van der Waals surface area contributed by atoms with Gasteiger partial charge in [-0.15, -0.1) is 10.2 Å². The van der Waals surface area contributed by atoms with Crippen LogP contribution in [0.25, 0.3) is 0 Å². The van der Waals surface area contributed by atoms with Gasteiger partial charge in [-0.2, -0.15) is 0 Å². The first kappa shape index (κ1) is 8.69. The first-order valence-corrected chi connectivity index (χ1v) is 4.84. The third kappa shape index (κ3) is 2.81. The van der Waals surface area contributed by atoms with E-state index in [2.05, 4.69) is 15.5 Å². The fraction of sp³-hybridized carbons (Fsp3) is 0.778. The van der Waals surface area contributed by atoms with Crippen LogP contribution in [-0.2, 0) is 6.54 Å². The predicted octanol–water partition coefficient (Wildman–Crippen LogP) is 1.27. The van der Waals surface area contributed by atoms with Crippen molar-refractivity contribution in [1.82, 2.24) is 15.5 Å². The molecule has 0 aliphatic heterocycles. The summed E-state index contributed by atoms with van der Waals surface area (Å²) in [7, 11) is 0. The fourth-order valence-electron chi connectivity index (χ4n) is 1.32. The highest BCUT2D eigenvalue weighted by Crippen LogP contribution is 2.31. The van der Waals surface area contributed by atoms with Crippen LogP contribution in [0.2, 0.25) is 0 Å². The molecule has 0 atom stereocenters. The normalized spacial score (nSPS) is 16.4. The quantitative estimate of drug-likeness (QED) is 0.695. The van der Waals surface area contributed by atoms with E-state index in [0.717, 1.165) is 12.5 Å². The predicted molar refractivity (Wildman–Crippen MR) is 48.1 cm³/mol. The van der Waals surface area contributed by atoms with Crippen LogP contribution in [0.15, 0.2) is 4.42 Å². The lowest BCUT2D eigenvalue weighted by molar-refractivity contribution is 0.443. The van der Waals surface area contributed by atoms with E-state index in [4.69, 9.17) is 4.42 Å². The Kier molecular flexibility index (Phi) is 2.59. The number of aromatic nitrogens is 2. The summed E-state index contributed by atoms with van der Waals surface area (Å²) >= 11 is 0. The van der Waals surface area contributed by atoms with Gasteiger partial charge in [-0.3, -0.25) is 0 Å². The lowest BCUT2D eigenvalue weighted by atomic mass is 10.3. The summed E-state index contributed by atoms with van der Waals surface area (Å²) in [4.78, 5) is 0. The Bertz CT molecular complexity index is 268. The molecule has 0 aromatic carbocycles. The van der Waals surface area contributed by atoms with Gasteiger partial charge in [0, 0.05) is 6.92 Å². The van der Waals surface area contributed by atoms with Crippen molar-refractivity contribution in [2.24, 2.45) is 5.92 Å². The van der Waals surface area contributed by atoms with Gasteiger partial charge in [0.05, 0.1) is 6.54 Å². The molecule has 0 radical (unpaired) electrons. The van der Waals surface area contributed by atoms with Gasteiger partial charge in [-0.25, -0.2) is 0 Å². The zero-order valence-corrected chi connectivity index (χ0v) is 7.92. The fourth-order valence-corrected chi connectivity index (χ4v) is 1.32. The molecule has 1 heterocycles. The van der Waals surface area contributed by atoms with Crippen LogP contribution in [0.1, 0.15) is 31.0 Å². The van der Waals surface area contributed by atoms with E-state index in [-0.39, 0.29) is 0 Å². The Hall–Kier alpha value is -0.900. The van der Waals surface area contributed by atoms with Crippen molar-refractivity contribution >= 4 is 0 Å². The molecule has 0 bridgehead atoms. The van der Waals surface area contributed by atoms with E-state index in [1.54, 1.807) is 6.92 Å². The van der Waals surface area contributed by atoms with Crippen LogP contribution in [0.3, 0.4) is 0 Å². The molecule has 1 aliphatic carbocycles. The van der Waals surface area contributed by atoms with E-state index < -0.39 is 0 Å². The minimum absolute atomic E-state index is 0.638. The van der Waals surface area contributed by atoms with E-state index in [9.17, 15) is 0 Å². The van der Waals surface area contributed by atoms with E-state index in [1.807, 2.05) is 0 Å². The largest absolute Gasteiger partial charge is 0.424 e. The number of aryl methyl sites for hydroxylation is 1. The molecule has 72 valence electrons. The number of nitrogens with one attached hydrogen (secondary N) is 1. The maximum Gasteiger partial charge on any atom is 0.230 e. The van der Waals surface area contributed by atoms with Crippen molar-refractivity contribution in [1.29, 1.82) is 0 Å². The summed E-state index contributed by atoms with van der Waals surface area (Å²) in [6.07, 6.45) is 4.12. The topological polar surface area (TPSA) is 51.0 Å². The van der Waals surface area contributed by atoms with Crippen molar-refractivity contribution in [3.63, 3.8) is 0 Å². The summed E-state index contributed by atoms with van der Waals surface area (Å²) in [5.41, 5.74) is 0. The molecule has 0 unspecified atom stereocenters. The summed E-state index contributed by atoms with van der Waals surface area (Å²) < 4.78 is 5.22. The summed E-state index contributed by atoms with van der Waals surface area (Å²) in [6.45, 7) is 3.57. The molecule has 1 saturated carbocycles. The van der Waals surface area contributed by atoms with Gasteiger partial charge in [-0.1, -0.05) is 12.8 Å². The van der Waals surface area contributed by atoms with Crippen LogP contribution >= 0.6 is 0 Å². The molecule has 4 heteroatoms. The third-order valence-corrected chi connectivity index (χ3v) is 2.27. The standard InChI is InChI=1S/C9H15N3O/c1-7-11-12-9(13-7)6-10-5-4-8-2-3-8/h8,10H,2-6H2,1H3. The Morgan fingerprint density at radius 2 is 2.31 bits per heavy atom. The maximum atomic E-state index is 5.22. The van der Waals surface area contributed by atoms with Gasteiger partial charge in [0.1, 0.15) is 0 Å². The minimum Gasteiger partial charge on any atom is -0.424 e. The van der Waals surface area contributed by atoms with Gasteiger partial charge >= 0.3 is 0 Å². The second kappa shape index (κ2) is 3.87. The molecule has 4 nitrogen and oxygen atoms in total. The van der Waals surface area contributed by atoms with Gasteiger partial charge in [-0.05, 0) is 18.9 Å². The molecular weight excluding hydrogens is 166 g/mol. The van der Waals surface area contributed by atoms with E-state index in [1.165, 1.54) is 19.3 Å². The summed E-state index contributed by atoms with van der Waals surface area (Å²) in [5.74, 6) is 2.31. The summed E-state index contributed by atoms with van der Waals surface area (Å²) in [6, 6.07) is 0. The Labute approximate surface area is 77.7 Å². The molecule has 1 aliphatic rings. The third-order valence-electron chi connectivity index (χ3n) is 2.27. The smallest absolute Gasteiger partial charge is 0.230 e. The van der Waals surface area contributed by atoms with Crippen LogP contribution in [0, 0.1) is 12.8 Å². The van der Waals surface area contributed by atoms with Gasteiger partial charge in [0.25, 0.3) is 0 Å². The van der Waals surface area contributed by atoms with Crippen LogP contribution in [-0.4, -0.2) is 16.7 Å². The molecule has 13 heavy (non-hydrogen) atoms. The second-order valence-corrected chi connectivity index (χ2v) is 3.62. The Balaban J connectivity index is 1.61. The number of nitrogens with zero attached hydrogens (tertiary/aromatic N) is 2. The average molecular weight is 181 g/mol. The molecule has 2 rings (SSSR count). The van der Waals surface area contributed by atoms with Crippen molar-refractivity contribution in [3.8, 4) is 0 Å². The minimum atomic E-state index is 0.638. The number of rotatable bonds is 5. The van der Waals surface area contributed by atoms with Crippen molar-refractivity contribution in [2.45, 2.75) is 32.7 Å². The summed E-state index contributed by atoms with van der Waals surface area (Å²) in [5, 5.41) is 10.9. The van der Waals surface area contributed by atoms with Gasteiger partial charge in [0.2, 0.25) is 11.8 Å². The number of hydrogen-bond acceptors (Lipinski definition) is 4. The van der Waals surface area contributed by atoms with Crippen molar-refractivity contribution in [2.75, 3.05) is 6.54 Å². The number of hydrogen-bond donors (Lipinski definition) is 1. The van der Waals surface area contributed by atoms with Crippen molar-refractivity contribution in [3.05, 3.63) is 11.8 Å². The molecule has 1 aromatic rings. The molecule has 1 N–H and O–H groups in total. The van der Waals surface area contributed by atoms with E-state index in [0.29, 0.717) is 18.3 Å². The first-order valence-electron chi connectivity index (χ1n) is 4.84.